The van der Waals surface area contributed by atoms with Crippen molar-refractivity contribution in [3.63, 3.8) is 0 Å². The van der Waals surface area contributed by atoms with Crippen molar-refractivity contribution in [2.24, 2.45) is 0 Å². The molecule has 14 heavy (non-hydrogen) atoms. The van der Waals surface area contributed by atoms with Gasteiger partial charge in [0.1, 0.15) is 11.5 Å². The van der Waals surface area contributed by atoms with Crippen LogP contribution in [0.2, 0.25) is 0 Å². The van der Waals surface area contributed by atoms with Crippen LogP contribution in [0.1, 0.15) is 11.1 Å². The molecule has 0 fully saturated rings. The molecule has 0 aliphatic heterocycles. The first-order chi connectivity index (χ1) is 6.54. The van der Waals surface area contributed by atoms with Crippen molar-refractivity contribution in [3.05, 3.63) is 23.3 Å². The molecular formula is C9H13BO4. The second-order valence-corrected chi connectivity index (χ2v) is 3.03. The lowest BCUT2D eigenvalue weighted by atomic mass is 10.1. The monoisotopic (exact) mass is 196 g/mol. The van der Waals surface area contributed by atoms with Gasteiger partial charge in [0, 0.05) is 0 Å². The molecule has 0 saturated carbocycles. The Balaban J connectivity index is 3.02. The number of ether oxygens (including phenoxy) is 1. The van der Waals surface area contributed by atoms with E-state index < -0.39 is 7.32 Å². The Morgan fingerprint density at radius 1 is 1.07 bits per heavy atom. The molecule has 1 aromatic rings. The highest BCUT2D eigenvalue weighted by Crippen LogP contribution is 2.27. The number of aryl methyl sites for hydroxylation is 2. The van der Waals surface area contributed by atoms with Crippen LogP contribution in [0.25, 0.3) is 0 Å². The maximum absolute atomic E-state index is 8.65. The molecule has 5 heteroatoms. The average molecular weight is 196 g/mol. The number of benzene rings is 1. The van der Waals surface area contributed by atoms with Crippen LogP contribution in [0.3, 0.4) is 0 Å². The number of methoxy groups -OCH3 is 1. The van der Waals surface area contributed by atoms with Gasteiger partial charge in [0.25, 0.3) is 0 Å². The van der Waals surface area contributed by atoms with Gasteiger partial charge < -0.3 is 19.4 Å². The van der Waals surface area contributed by atoms with E-state index in [0.29, 0.717) is 5.75 Å². The predicted octanol–water partition coefficient (Wildman–Crippen LogP) is 0.660. The van der Waals surface area contributed by atoms with E-state index in [2.05, 4.69) is 0 Å². The minimum absolute atomic E-state index is 0.443. The lowest BCUT2D eigenvalue weighted by Crippen LogP contribution is -2.21. The van der Waals surface area contributed by atoms with Gasteiger partial charge in [0.2, 0.25) is 0 Å². The van der Waals surface area contributed by atoms with E-state index in [1.807, 2.05) is 6.92 Å². The minimum Gasteiger partial charge on any atom is -0.512 e. The quantitative estimate of drug-likeness (QED) is 0.697. The zero-order valence-electron chi connectivity index (χ0n) is 8.44. The molecule has 0 heterocycles. The summed E-state index contributed by atoms with van der Waals surface area (Å²) in [6, 6.07) is 3.49. The van der Waals surface area contributed by atoms with Crippen molar-refractivity contribution < 1.29 is 19.4 Å². The summed E-state index contributed by atoms with van der Waals surface area (Å²) in [4.78, 5) is 0. The molecule has 0 aliphatic carbocycles. The number of hydrogen-bond acceptors (Lipinski definition) is 4. The molecule has 0 atom stereocenters. The van der Waals surface area contributed by atoms with Crippen LogP contribution in [0.5, 0.6) is 11.5 Å². The van der Waals surface area contributed by atoms with Crippen molar-refractivity contribution in [2.75, 3.05) is 7.11 Å². The summed E-state index contributed by atoms with van der Waals surface area (Å²) in [6.07, 6.45) is 0. The Kier molecular flexibility index (Phi) is 3.38. The molecule has 0 amide bonds. The summed E-state index contributed by atoms with van der Waals surface area (Å²) in [6.45, 7) is 3.66. The maximum atomic E-state index is 8.65. The molecular weight excluding hydrogens is 183 g/mol. The second kappa shape index (κ2) is 4.35. The van der Waals surface area contributed by atoms with E-state index in [1.54, 1.807) is 26.2 Å². The van der Waals surface area contributed by atoms with Crippen molar-refractivity contribution >= 4 is 7.32 Å². The molecule has 0 aliphatic rings. The van der Waals surface area contributed by atoms with Gasteiger partial charge in [-0.1, -0.05) is 0 Å². The Morgan fingerprint density at radius 3 is 2.07 bits per heavy atom. The molecule has 0 saturated heterocycles. The minimum atomic E-state index is -1.79. The topological polar surface area (TPSA) is 58.9 Å². The fourth-order valence-corrected chi connectivity index (χ4v) is 1.22. The standard InChI is InChI=1S/C9H13BO4/c1-6-5-9(14-10(11)12)7(2)4-8(6)13-3/h4-5,11-12H,1-3H3. The van der Waals surface area contributed by atoms with Crippen molar-refractivity contribution in [1.82, 2.24) is 0 Å². The van der Waals surface area contributed by atoms with Gasteiger partial charge in [-0.2, -0.15) is 0 Å². The Bertz CT molecular complexity index is 325. The molecule has 2 N–H and O–H groups in total. The van der Waals surface area contributed by atoms with Crippen LogP contribution in [-0.2, 0) is 0 Å². The second-order valence-electron chi connectivity index (χ2n) is 3.03. The largest absolute Gasteiger partial charge is 0.707 e. The van der Waals surface area contributed by atoms with E-state index >= 15 is 0 Å². The molecule has 0 radical (unpaired) electrons. The molecule has 0 bridgehead atoms. The fraction of sp³-hybridized carbons (Fsp3) is 0.333. The first kappa shape index (κ1) is 10.9. The SMILES string of the molecule is COc1cc(C)c(OB(O)O)cc1C. The predicted molar refractivity (Wildman–Crippen MR) is 53.3 cm³/mol. The third-order valence-electron chi connectivity index (χ3n) is 1.92. The van der Waals surface area contributed by atoms with Crippen LogP contribution in [0.4, 0.5) is 0 Å². The highest BCUT2D eigenvalue weighted by atomic mass is 16.6. The van der Waals surface area contributed by atoms with Gasteiger partial charge in [0.05, 0.1) is 7.11 Å². The molecule has 1 rings (SSSR count). The highest BCUT2D eigenvalue weighted by molar-refractivity contribution is 6.33. The number of rotatable bonds is 3. The van der Waals surface area contributed by atoms with Crippen LogP contribution in [-0.4, -0.2) is 24.5 Å². The molecule has 0 spiro atoms. The number of hydrogen-bond donors (Lipinski definition) is 2. The molecule has 0 unspecified atom stereocenters. The molecule has 4 nitrogen and oxygen atoms in total. The van der Waals surface area contributed by atoms with Gasteiger partial charge in [0.15, 0.2) is 0 Å². The van der Waals surface area contributed by atoms with Crippen LogP contribution in [0, 0.1) is 13.8 Å². The Hall–Kier alpha value is -1.20. The summed E-state index contributed by atoms with van der Waals surface area (Å²) >= 11 is 0. The molecule has 76 valence electrons. The smallest absolute Gasteiger partial charge is 0.512 e. The van der Waals surface area contributed by atoms with Gasteiger partial charge in [-0.25, -0.2) is 0 Å². The van der Waals surface area contributed by atoms with E-state index in [4.69, 9.17) is 19.4 Å². The van der Waals surface area contributed by atoms with Crippen molar-refractivity contribution in [2.45, 2.75) is 13.8 Å². The summed E-state index contributed by atoms with van der Waals surface area (Å²) in [5, 5.41) is 17.3. The zero-order chi connectivity index (χ0) is 10.7. The fourth-order valence-electron chi connectivity index (χ4n) is 1.22. The normalized spacial score (nSPS) is 9.79. The summed E-state index contributed by atoms with van der Waals surface area (Å²) in [5.41, 5.74) is 1.68. The summed E-state index contributed by atoms with van der Waals surface area (Å²) in [7, 11) is -0.204. The van der Waals surface area contributed by atoms with E-state index in [0.717, 1.165) is 16.9 Å². The van der Waals surface area contributed by atoms with Crippen LogP contribution < -0.4 is 9.39 Å². The van der Waals surface area contributed by atoms with Crippen LogP contribution in [0.15, 0.2) is 12.1 Å². The van der Waals surface area contributed by atoms with E-state index in [1.165, 1.54) is 0 Å². The van der Waals surface area contributed by atoms with Crippen molar-refractivity contribution in [3.8, 4) is 11.5 Å². The van der Waals surface area contributed by atoms with Gasteiger partial charge >= 0.3 is 7.32 Å². The third kappa shape index (κ3) is 2.40. The third-order valence-corrected chi connectivity index (χ3v) is 1.92. The van der Waals surface area contributed by atoms with Crippen molar-refractivity contribution in [1.29, 1.82) is 0 Å². The van der Waals surface area contributed by atoms with E-state index in [-0.39, 0.29) is 0 Å². The average Bonchev–Trinajstić information content (AvgIpc) is 2.10. The molecule has 0 aromatic heterocycles. The Morgan fingerprint density at radius 2 is 1.57 bits per heavy atom. The summed E-state index contributed by atoms with van der Waals surface area (Å²) < 4.78 is 9.89. The lowest BCUT2D eigenvalue weighted by Gasteiger charge is -2.12. The lowest BCUT2D eigenvalue weighted by molar-refractivity contribution is 0.287. The first-order valence-electron chi connectivity index (χ1n) is 4.22. The van der Waals surface area contributed by atoms with Crippen LogP contribution >= 0.6 is 0 Å². The van der Waals surface area contributed by atoms with Gasteiger partial charge in [-0.15, -0.1) is 0 Å². The van der Waals surface area contributed by atoms with E-state index in [9.17, 15) is 0 Å². The van der Waals surface area contributed by atoms with Gasteiger partial charge in [-0.3, -0.25) is 0 Å². The zero-order valence-corrected chi connectivity index (χ0v) is 8.44. The maximum Gasteiger partial charge on any atom is 0.707 e. The summed E-state index contributed by atoms with van der Waals surface area (Å²) in [5.74, 6) is 1.19. The molecule has 1 aromatic carbocycles. The first-order valence-corrected chi connectivity index (χ1v) is 4.22. The van der Waals surface area contributed by atoms with Gasteiger partial charge in [-0.05, 0) is 37.1 Å². The Labute approximate surface area is 83.3 Å². The highest BCUT2D eigenvalue weighted by Gasteiger charge is 2.14.